The van der Waals surface area contributed by atoms with E-state index in [-0.39, 0.29) is 0 Å². The third kappa shape index (κ3) is 2.54. The molecular weight excluding hydrogens is 246 g/mol. The van der Waals surface area contributed by atoms with E-state index < -0.39 is 23.9 Å². The van der Waals surface area contributed by atoms with Crippen LogP contribution in [0.2, 0.25) is 5.02 Å². The van der Waals surface area contributed by atoms with E-state index in [1.165, 1.54) is 0 Å². The molecule has 1 saturated heterocycles. The summed E-state index contributed by atoms with van der Waals surface area (Å²) < 4.78 is 0. The van der Waals surface area contributed by atoms with E-state index in [0.29, 0.717) is 10.7 Å². The van der Waals surface area contributed by atoms with Crippen LogP contribution in [0.3, 0.4) is 0 Å². The first-order valence-corrected chi connectivity index (χ1v) is 5.12. The topological polar surface area (TPSA) is 87.3 Å². The largest absolute Gasteiger partial charge is 0.366 e. The van der Waals surface area contributed by atoms with Crippen LogP contribution >= 0.6 is 11.6 Å². The van der Waals surface area contributed by atoms with Crippen molar-refractivity contribution in [1.29, 1.82) is 0 Å². The second-order valence-electron chi connectivity index (χ2n) is 3.39. The molecule has 88 valence electrons. The van der Waals surface area contributed by atoms with E-state index in [1.807, 2.05) is 10.6 Å². The molecular formula is C10H8ClN3O3. The quantitative estimate of drug-likeness (QED) is 0.670. The van der Waals surface area contributed by atoms with Gasteiger partial charge in [-0.05, 0) is 24.3 Å². The Morgan fingerprint density at radius 2 is 1.53 bits per heavy atom. The number of nitrogens with one attached hydrogen (secondary N) is 3. The van der Waals surface area contributed by atoms with Gasteiger partial charge >= 0.3 is 6.03 Å². The molecule has 7 heteroatoms. The van der Waals surface area contributed by atoms with Crippen LogP contribution in [0.5, 0.6) is 0 Å². The number of benzene rings is 1. The van der Waals surface area contributed by atoms with Crippen molar-refractivity contribution in [2.75, 3.05) is 5.32 Å². The molecule has 0 spiro atoms. The normalized spacial score (nSPS) is 16.4. The molecule has 17 heavy (non-hydrogen) atoms. The fourth-order valence-corrected chi connectivity index (χ4v) is 1.49. The van der Waals surface area contributed by atoms with Crippen molar-refractivity contribution in [1.82, 2.24) is 10.6 Å². The lowest BCUT2D eigenvalue weighted by Gasteiger charge is -2.22. The number of halogens is 1. The Morgan fingerprint density at radius 3 is 2.06 bits per heavy atom. The Bertz CT molecular complexity index is 466. The zero-order valence-corrected chi connectivity index (χ0v) is 9.25. The number of anilines is 1. The monoisotopic (exact) mass is 253 g/mol. The van der Waals surface area contributed by atoms with Crippen LogP contribution in [-0.4, -0.2) is 23.9 Å². The van der Waals surface area contributed by atoms with Gasteiger partial charge in [-0.3, -0.25) is 20.2 Å². The van der Waals surface area contributed by atoms with Gasteiger partial charge in [0.2, 0.25) is 0 Å². The average Bonchev–Trinajstić information content (AvgIpc) is 2.26. The van der Waals surface area contributed by atoms with Gasteiger partial charge in [-0.25, -0.2) is 4.79 Å². The van der Waals surface area contributed by atoms with Gasteiger partial charge in [0.05, 0.1) is 0 Å². The molecule has 0 aromatic heterocycles. The molecule has 3 N–H and O–H groups in total. The van der Waals surface area contributed by atoms with Crippen LogP contribution in [0.15, 0.2) is 24.3 Å². The van der Waals surface area contributed by atoms with Crippen molar-refractivity contribution < 1.29 is 14.4 Å². The first kappa shape index (κ1) is 11.4. The highest BCUT2D eigenvalue weighted by Gasteiger charge is 2.33. The van der Waals surface area contributed by atoms with Gasteiger partial charge in [0.25, 0.3) is 11.8 Å². The number of urea groups is 1. The summed E-state index contributed by atoms with van der Waals surface area (Å²) >= 11 is 5.70. The minimum absolute atomic E-state index is 0.545. The number of carbonyl (C=O) groups excluding carboxylic acids is 3. The molecule has 4 amide bonds. The number of hydrogen-bond acceptors (Lipinski definition) is 4. The minimum Gasteiger partial charge on any atom is -0.366 e. The smallest absolute Gasteiger partial charge is 0.328 e. The number of barbiturate groups is 1. The SMILES string of the molecule is O=C1NC(=O)C(Nc2ccc(Cl)cc2)C(=O)N1. The molecule has 1 aliphatic heterocycles. The Kier molecular flexibility index (Phi) is 2.97. The van der Waals surface area contributed by atoms with E-state index in [9.17, 15) is 14.4 Å². The van der Waals surface area contributed by atoms with Crippen LogP contribution in [0.1, 0.15) is 0 Å². The van der Waals surface area contributed by atoms with E-state index in [0.717, 1.165) is 0 Å². The predicted molar refractivity (Wildman–Crippen MR) is 60.5 cm³/mol. The van der Waals surface area contributed by atoms with Crippen molar-refractivity contribution >= 4 is 35.1 Å². The van der Waals surface area contributed by atoms with Crippen molar-refractivity contribution in [2.24, 2.45) is 0 Å². The molecule has 2 rings (SSSR count). The van der Waals surface area contributed by atoms with Crippen molar-refractivity contribution in [2.45, 2.75) is 6.04 Å². The lowest BCUT2D eigenvalue weighted by Crippen LogP contribution is -2.61. The van der Waals surface area contributed by atoms with Gasteiger partial charge in [-0.15, -0.1) is 0 Å². The second-order valence-corrected chi connectivity index (χ2v) is 3.83. The lowest BCUT2D eigenvalue weighted by atomic mass is 10.2. The molecule has 1 heterocycles. The maximum atomic E-state index is 11.4. The summed E-state index contributed by atoms with van der Waals surface area (Å²) in [5.74, 6) is -1.37. The van der Waals surface area contributed by atoms with Crippen molar-refractivity contribution in [3.63, 3.8) is 0 Å². The molecule has 1 aromatic carbocycles. The molecule has 1 fully saturated rings. The standard InChI is InChI=1S/C10H8ClN3O3/c11-5-1-3-6(4-2-5)12-7-8(15)13-10(17)14-9(7)16/h1-4,7,12H,(H2,13,14,15,16,17). The Hall–Kier alpha value is -2.08. The number of imide groups is 2. The van der Waals surface area contributed by atoms with Gasteiger partial charge in [-0.1, -0.05) is 11.6 Å². The van der Waals surface area contributed by atoms with E-state index in [4.69, 9.17) is 11.6 Å². The fourth-order valence-electron chi connectivity index (χ4n) is 1.36. The van der Waals surface area contributed by atoms with Gasteiger partial charge < -0.3 is 5.32 Å². The van der Waals surface area contributed by atoms with Crippen LogP contribution in [-0.2, 0) is 9.59 Å². The highest BCUT2D eigenvalue weighted by molar-refractivity contribution is 6.30. The third-order valence-electron chi connectivity index (χ3n) is 2.15. The fraction of sp³-hybridized carbons (Fsp3) is 0.100. The van der Waals surface area contributed by atoms with Gasteiger partial charge in [0.1, 0.15) is 0 Å². The van der Waals surface area contributed by atoms with Crippen LogP contribution < -0.4 is 16.0 Å². The summed E-state index contributed by atoms with van der Waals surface area (Å²) in [7, 11) is 0. The molecule has 0 saturated carbocycles. The van der Waals surface area contributed by atoms with E-state index in [1.54, 1.807) is 24.3 Å². The van der Waals surface area contributed by atoms with E-state index in [2.05, 4.69) is 5.32 Å². The van der Waals surface area contributed by atoms with Gasteiger partial charge in [-0.2, -0.15) is 0 Å². The van der Waals surface area contributed by atoms with Crippen LogP contribution in [0.25, 0.3) is 0 Å². The summed E-state index contributed by atoms with van der Waals surface area (Å²) in [5.41, 5.74) is 0.555. The van der Waals surface area contributed by atoms with Crippen LogP contribution in [0.4, 0.5) is 10.5 Å². The highest BCUT2D eigenvalue weighted by Crippen LogP contribution is 2.14. The van der Waals surface area contributed by atoms with Crippen molar-refractivity contribution in [3.8, 4) is 0 Å². The Balaban J connectivity index is 2.12. The molecule has 0 atom stereocenters. The molecule has 0 bridgehead atoms. The molecule has 6 nitrogen and oxygen atoms in total. The third-order valence-corrected chi connectivity index (χ3v) is 2.41. The summed E-state index contributed by atoms with van der Waals surface area (Å²) in [4.78, 5) is 33.6. The van der Waals surface area contributed by atoms with Gasteiger partial charge in [0.15, 0.2) is 6.04 Å². The summed E-state index contributed by atoms with van der Waals surface area (Å²) in [6.07, 6.45) is 0. The number of hydrogen-bond donors (Lipinski definition) is 3. The number of amides is 4. The lowest BCUT2D eigenvalue weighted by molar-refractivity contribution is -0.130. The first-order chi connectivity index (χ1) is 8.06. The maximum absolute atomic E-state index is 11.4. The first-order valence-electron chi connectivity index (χ1n) is 4.74. The molecule has 0 radical (unpaired) electrons. The molecule has 0 aliphatic carbocycles. The van der Waals surface area contributed by atoms with Crippen LogP contribution in [0, 0.1) is 0 Å². The summed E-state index contributed by atoms with van der Waals surface area (Å²) in [6.45, 7) is 0. The summed E-state index contributed by atoms with van der Waals surface area (Å²) in [6, 6.07) is 4.54. The second kappa shape index (κ2) is 4.42. The van der Waals surface area contributed by atoms with E-state index >= 15 is 0 Å². The minimum atomic E-state index is -1.13. The zero-order valence-electron chi connectivity index (χ0n) is 8.49. The number of carbonyl (C=O) groups is 3. The average molecular weight is 254 g/mol. The zero-order chi connectivity index (χ0) is 12.4. The Morgan fingerprint density at radius 1 is 1.00 bits per heavy atom. The maximum Gasteiger partial charge on any atom is 0.328 e. The Labute approximate surface area is 101 Å². The summed E-state index contributed by atoms with van der Waals surface area (Å²) in [5, 5.41) is 7.22. The highest BCUT2D eigenvalue weighted by atomic mass is 35.5. The van der Waals surface area contributed by atoms with Gasteiger partial charge in [0, 0.05) is 10.7 Å². The van der Waals surface area contributed by atoms with Crippen molar-refractivity contribution in [3.05, 3.63) is 29.3 Å². The predicted octanol–water partition coefficient (Wildman–Crippen LogP) is 0.486. The molecule has 1 aliphatic rings. The molecule has 1 aromatic rings. The molecule has 0 unspecified atom stereocenters. The number of rotatable bonds is 2.